The quantitative estimate of drug-likeness (QED) is 0.369. The van der Waals surface area contributed by atoms with Crippen molar-refractivity contribution in [1.29, 1.82) is 0 Å². The molecular formula is C25H24ClFN2O5S. The number of thiophene rings is 1. The van der Waals surface area contributed by atoms with Crippen molar-refractivity contribution < 1.29 is 28.6 Å². The lowest BCUT2D eigenvalue weighted by Crippen LogP contribution is -2.34. The molecule has 0 radical (unpaired) electrons. The number of hydrogen-bond donors (Lipinski definition) is 3. The van der Waals surface area contributed by atoms with Crippen LogP contribution in [0.1, 0.15) is 45.7 Å². The van der Waals surface area contributed by atoms with Crippen LogP contribution in [0.25, 0.3) is 10.1 Å². The average molecular weight is 519 g/mol. The number of carboxylic acids is 1. The third-order valence-corrected chi connectivity index (χ3v) is 7.24. The number of rotatable bonds is 8. The predicted molar refractivity (Wildman–Crippen MR) is 132 cm³/mol. The second kappa shape index (κ2) is 11.0. The van der Waals surface area contributed by atoms with E-state index in [0.29, 0.717) is 35.6 Å². The van der Waals surface area contributed by atoms with E-state index in [2.05, 4.69) is 10.6 Å². The number of carbonyl (C=O) groups excluding carboxylic acids is 2. The van der Waals surface area contributed by atoms with Crippen molar-refractivity contribution in [3.05, 3.63) is 63.7 Å². The Hall–Kier alpha value is -3.17. The van der Waals surface area contributed by atoms with Gasteiger partial charge in [0.15, 0.2) is 11.6 Å². The predicted octanol–water partition coefficient (Wildman–Crippen LogP) is 4.88. The lowest BCUT2D eigenvalue weighted by Gasteiger charge is -2.27. The van der Waals surface area contributed by atoms with E-state index in [1.54, 1.807) is 18.2 Å². The molecule has 2 aromatic carbocycles. The van der Waals surface area contributed by atoms with E-state index in [-0.39, 0.29) is 42.3 Å². The van der Waals surface area contributed by atoms with Crippen LogP contribution in [0.15, 0.2) is 42.5 Å². The fourth-order valence-corrected chi connectivity index (χ4v) is 5.26. The molecule has 0 bridgehead atoms. The van der Waals surface area contributed by atoms with Gasteiger partial charge in [0.2, 0.25) is 0 Å². The highest BCUT2D eigenvalue weighted by Crippen LogP contribution is 2.30. The van der Waals surface area contributed by atoms with Crippen molar-refractivity contribution >= 4 is 50.8 Å². The highest BCUT2D eigenvalue weighted by Gasteiger charge is 2.27. The van der Waals surface area contributed by atoms with Crippen molar-refractivity contribution in [2.75, 3.05) is 13.1 Å². The number of benzene rings is 2. The maximum absolute atomic E-state index is 14.5. The van der Waals surface area contributed by atoms with Crippen molar-refractivity contribution in [2.24, 2.45) is 5.92 Å². The first kappa shape index (κ1) is 24.9. The first-order chi connectivity index (χ1) is 16.8. The van der Waals surface area contributed by atoms with E-state index in [4.69, 9.17) is 21.4 Å². The summed E-state index contributed by atoms with van der Waals surface area (Å²) in [5, 5.41) is 16.0. The normalized spacial score (nSPS) is 17.7. The SMILES string of the molecule is O=C(NCCNC(=O)c1cc2ccc(Cl)cc2s1)c1ccc(O[C@H]2CC[C@@H](C(=O)O)CC2)c(F)c1. The number of ether oxygens (including phenoxy) is 1. The molecule has 10 heteroatoms. The Bertz CT molecular complexity index is 1260. The Labute approximate surface area is 210 Å². The molecule has 0 spiro atoms. The molecule has 3 N–H and O–H groups in total. The van der Waals surface area contributed by atoms with Gasteiger partial charge in [-0.1, -0.05) is 17.7 Å². The molecule has 3 aromatic rings. The van der Waals surface area contributed by atoms with E-state index < -0.39 is 17.7 Å². The van der Waals surface area contributed by atoms with Crippen molar-refractivity contribution in [3.63, 3.8) is 0 Å². The molecule has 0 unspecified atom stereocenters. The molecule has 1 aromatic heterocycles. The third-order valence-electron chi connectivity index (χ3n) is 5.91. The Morgan fingerprint density at radius 3 is 2.40 bits per heavy atom. The van der Waals surface area contributed by atoms with Gasteiger partial charge in [-0.25, -0.2) is 4.39 Å². The maximum atomic E-state index is 14.5. The Kier molecular flexibility index (Phi) is 7.87. The Morgan fingerprint density at radius 2 is 1.71 bits per heavy atom. The number of hydrogen-bond acceptors (Lipinski definition) is 5. The molecule has 1 fully saturated rings. The molecule has 1 saturated carbocycles. The summed E-state index contributed by atoms with van der Waals surface area (Å²) in [7, 11) is 0. The second-order valence-electron chi connectivity index (χ2n) is 8.38. The third kappa shape index (κ3) is 6.29. The van der Waals surface area contributed by atoms with E-state index in [1.165, 1.54) is 23.5 Å². The molecule has 184 valence electrons. The zero-order valence-corrected chi connectivity index (χ0v) is 20.3. The topological polar surface area (TPSA) is 105 Å². The van der Waals surface area contributed by atoms with Gasteiger partial charge in [-0.2, -0.15) is 0 Å². The Balaban J connectivity index is 1.23. The molecule has 0 aliphatic heterocycles. The summed E-state index contributed by atoms with van der Waals surface area (Å²) in [4.78, 5) is 36.3. The van der Waals surface area contributed by atoms with Crippen LogP contribution in [-0.2, 0) is 4.79 Å². The summed E-state index contributed by atoms with van der Waals surface area (Å²) < 4.78 is 21.1. The number of fused-ring (bicyclic) bond motifs is 1. The van der Waals surface area contributed by atoms with Crippen LogP contribution in [0.3, 0.4) is 0 Å². The van der Waals surface area contributed by atoms with Crippen LogP contribution in [-0.4, -0.2) is 42.1 Å². The standard InChI is InChI=1S/C25H24ClFN2O5S/c26-17-5-1-15-12-22(35-21(15)13-17)24(31)29-10-9-28-23(30)16-4-8-20(19(27)11-16)34-18-6-2-14(3-7-18)25(32)33/h1,4-5,8,11-14,18H,2-3,6-7,9-10H2,(H,28,30)(H,29,31)(H,32,33)/t14-,18+. The van der Waals surface area contributed by atoms with Gasteiger partial charge in [0, 0.05) is 28.4 Å². The van der Waals surface area contributed by atoms with Gasteiger partial charge in [-0.15, -0.1) is 11.3 Å². The van der Waals surface area contributed by atoms with Crippen LogP contribution in [0, 0.1) is 11.7 Å². The van der Waals surface area contributed by atoms with Gasteiger partial charge in [0.05, 0.1) is 16.9 Å². The van der Waals surface area contributed by atoms with Crippen molar-refractivity contribution in [2.45, 2.75) is 31.8 Å². The maximum Gasteiger partial charge on any atom is 0.306 e. The largest absolute Gasteiger partial charge is 0.487 e. The summed E-state index contributed by atoms with van der Waals surface area (Å²) in [5.41, 5.74) is 0.136. The number of nitrogens with one attached hydrogen (secondary N) is 2. The zero-order valence-electron chi connectivity index (χ0n) is 18.7. The van der Waals surface area contributed by atoms with Gasteiger partial charge >= 0.3 is 5.97 Å². The zero-order chi connectivity index (χ0) is 24.9. The minimum Gasteiger partial charge on any atom is -0.487 e. The number of amides is 2. The van der Waals surface area contributed by atoms with Gasteiger partial charge in [-0.3, -0.25) is 14.4 Å². The molecular weight excluding hydrogens is 495 g/mol. The van der Waals surface area contributed by atoms with Gasteiger partial charge < -0.3 is 20.5 Å². The minimum atomic E-state index is -0.810. The van der Waals surface area contributed by atoms with E-state index in [0.717, 1.165) is 16.2 Å². The molecule has 1 aliphatic carbocycles. The van der Waals surface area contributed by atoms with Gasteiger partial charge in [0.25, 0.3) is 11.8 Å². The number of carboxylic acid groups (broad SMARTS) is 1. The van der Waals surface area contributed by atoms with Crippen LogP contribution in [0.4, 0.5) is 4.39 Å². The summed E-state index contributed by atoms with van der Waals surface area (Å²) in [6, 6.07) is 11.2. The molecule has 4 rings (SSSR count). The fraction of sp³-hybridized carbons (Fsp3) is 0.320. The first-order valence-corrected chi connectivity index (χ1v) is 12.4. The molecule has 0 atom stereocenters. The fourth-order valence-electron chi connectivity index (χ4n) is 4.00. The summed E-state index contributed by atoms with van der Waals surface area (Å²) in [6.07, 6.45) is 1.83. The van der Waals surface area contributed by atoms with Crippen LogP contribution in [0.5, 0.6) is 5.75 Å². The monoisotopic (exact) mass is 518 g/mol. The summed E-state index contributed by atoms with van der Waals surface area (Å²) in [5.74, 6) is -2.52. The molecule has 0 saturated heterocycles. The molecule has 35 heavy (non-hydrogen) atoms. The molecule has 1 heterocycles. The molecule has 2 amide bonds. The summed E-state index contributed by atoms with van der Waals surface area (Å²) in [6.45, 7) is 0.385. The van der Waals surface area contributed by atoms with Crippen LogP contribution in [0.2, 0.25) is 5.02 Å². The highest BCUT2D eigenvalue weighted by atomic mass is 35.5. The van der Waals surface area contributed by atoms with Gasteiger partial charge in [-0.05, 0) is 67.5 Å². The number of halogens is 2. The second-order valence-corrected chi connectivity index (χ2v) is 9.90. The lowest BCUT2D eigenvalue weighted by molar-refractivity contribution is -0.143. The smallest absolute Gasteiger partial charge is 0.306 e. The van der Waals surface area contributed by atoms with Gasteiger partial charge in [0.1, 0.15) is 0 Å². The highest BCUT2D eigenvalue weighted by molar-refractivity contribution is 7.20. The number of aliphatic carboxylic acids is 1. The lowest BCUT2D eigenvalue weighted by atomic mass is 9.87. The minimum absolute atomic E-state index is 0.0391. The van der Waals surface area contributed by atoms with Crippen molar-refractivity contribution in [1.82, 2.24) is 10.6 Å². The molecule has 1 aliphatic rings. The first-order valence-electron chi connectivity index (χ1n) is 11.2. The van der Waals surface area contributed by atoms with E-state index in [1.807, 2.05) is 6.07 Å². The van der Waals surface area contributed by atoms with Crippen LogP contribution < -0.4 is 15.4 Å². The van der Waals surface area contributed by atoms with Crippen molar-refractivity contribution in [3.8, 4) is 5.75 Å². The average Bonchev–Trinajstić information content (AvgIpc) is 3.26. The van der Waals surface area contributed by atoms with E-state index in [9.17, 15) is 18.8 Å². The summed E-state index contributed by atoms with van der Waals surface area (Å²) >= 11 is 7.32. The van der Waals surface area contributed by atoms with Crippen LogP contribution >= 0.6 is 22.9 Å². The van der Waals surface area contributed by atoms with E-state index >= 15 is 0 Å². The Morgan fingerprint density at radius 1 is 1.00 bits per heavy atom. The number of carbonyl (C=O) groups is 3. The molecule has 7 nitrogen and oxygen atoms in total.